The monoisotopic (exact) mass is 345 g/mol. The van der Waals surface area contributed by atoms with Crippen LogP contribution in [-0.2, 0) is 18.0 Å². The Morgan fingerprint density at radius 3 is 2.81 bits per heavy atom. The molecule has 2 aromatic rings. The number of benzene rings is 2. The second-order valence-electron chi connectivity index (χ2n) is 5.23. The zero-order valence-corrected chi connectivity index (χ0v) is 13.3. The smallest absolute Gasteiger partial charge is 0.251 e. The zero-order chi connectivity index (χ0) is 14.8. The van der Waals surface area contributed by atoms with Gasteiger partial charge in [0.15, 0.2) is 0 Å². The van der Waals surface area contributed by atoms with Crippen molar-refractivity contribution in [3.05, 3.63) is 69.2 Å². The van der Waals surface area contributed by atoms with E-state index in [1.807, 2.05) is 49.4 Å². The summed E-state index contributed by atoms with van der Waals surface area (Å²) in [5, 5.41) is 3.03. The first kappa shape index (κ1) is 14.3. The molecule has 0 radical (unpaired) electrons. The molecule has 1 aliphatic rings. The summed E-state index contributed by atoms with van der Waals surface area (Å²) in [6, 6.07) is 13.7. The topological polar surface area (TPSA) is 38.3 Å². The maximum Gasteiger partial charge on any atom is 0.251 e. The largest absolute Gasteiger partial charge is 0.372 e. The van der Waals surface area contributed by atoms with Gasteiger partial charge in [-0.1, -0.05) is 34.1 Å². The van der Waals surface area contributed by atoms with Crippen LogP contribution in [0.15, 0.2) is 46.9 Å². The minimum absolute atomic E-state index is 0.0421. The highest BCUT2D eigenvalue weighted by Crippen LogP contribution is 2.22. The van der Waals surface area contributed by atoms with Crippen molar-refractivity contribution in [3.63, 3.8) is 0 Å². The molecule has 0 saturated heterocycles. The first-order valence-electron chi connectivity index (χ1n) is 6.89. The summed E-state index contributed by atoms with van der Waals surface area (Å²) in [6.45, 7) is 3.22. The van der Waals surface area contributed by atoms with Crippen LogP contribution in [0.2, 0.25) is 0 Å². The van der Waals surface area contributed by atoms with Crippen LogP contribution in [0.5, 0.6) is 0 Å². The van der Waals surface area contributed by atoms with Crippen LogP contribution in [0.3, 0.4) is 0 Å². The van der Waals surface area contributed by atoms with Crippen molar-refractivity contribution in [2.24, 2.45) is 0 Å². The lowest BCUT2D eigenvalue weighted by Crippen LogP contribution is -2.26. The van der Waals surface area contributed by atoms with Crippen LogP contribution < -0.4 is 5.32 Å². The van der Waals surface area contributed by atoms with E-state index in [2.05, 4.69) is 21.2 Å². The van der Waals surface area contributed by atoms with Crippen LogP contribution in [-0.4, -0.2) is 5.91 Å². The molecule has 1 unspecified atom stereocenters. The third kappa shape index (κ3) is 3.17. The highest BCUT2D eigenvalue weighted by atomic mass is 79.9. The van der Waals surface area contributed by atoms with E-state index in [4.69, 9.17) is 4.74 Å². The van der Waals surface area contributed by atoms with E-state index in [0.717, 1.165) is 15.6 Å². The average Bonchev–Trinajstić information content (AvgIpc) is 2.94. The molecule has 1 heterocycles. The standard InChI is InChI=1S/C17H16BrNO2/c1-11(12-3-2-4-16(18)8-12)19-17(20)13-5-6-14-9-21-10-15(14)7-13/h2-8,11H,9-10H2,1H3,(H,19,20). The molecular weight excluding hydrogens is 330 g/mol. The molecule has 2 aromatic carbocycles. The number of amides is 1. The number of carbonyl (C=O) groups is 1. The molecule has 1 atom stereocenters. The summed E-state index contributed by atoms with van der Waals surface area (Å²) in [5.74, 6) is -0.0582. The molecule has 0 bridgehead atoms. The highest BCUT2D eigenvalue weighted by Gasteiger charge is 2.16. The molecule has 21 heavy (non-hydrogen) atoms. The number of halogens is 1. The molecule has 3 nitrogen and oxygen atoms in total. The molecule has 4 heteroatoms. The van der Waals surface area contributed by atoms with E-state index in [0.29, 0.717) is 18.8 Å². The van der Waals surface area contributed by atoms with Crippen LogP contribution in [0.1, 0.15) is 40.0 Å². The van der Waals surface area contributed by atoms with Crippen molar-refractivity contribution in [1.29, 1.82) is 0 Å². The van der Waals surface area contributed by atoms with Gasteiger partial charge in [-0.2, -0.15) is 0 Å². The molecule has 0 saturated carbocycles. The van der Waals surface area contributed by atoms with Crippen LogP contribution >= 0.6 is 15.9 Å². The number of rotatable bonds is 3. The minimum atomic E-state index is -0.0582. The fraction of sp³-hybridized carbons (Fsp3) is 0.235. The first-order chi connectivity index (χ1) is 10.1. The van der Waals surface area contributed by atoms with Gasteiger partial charge in [0.25, 0.3) is 5.91 Å². The van der Waals surface area contributed by atoms with Crippen LogP contribution in [0.25, 0.3) is 0 Å². The van der Waals surface area contributed by atoms with Gasteiger partial charge in [-0.05, 0) is 47.9 Å². The van der Waals surface area contributed by atoms with E-state index in [1.165, 1.54) is 5.56 Å². The van der Waals surface area contributed by atoms with Crippen molar-refractivity contribution in [1.82, 2.24) is 5.32 Å². The lowest BCUT2D eigenvalue weighted by atomic mass is 10.0. The van der Waals surface area contributed by atoms with E-state index in [9.17, 15) is 4.79 Å². The van der Waals surface area contributed by atoms with E-state index in [-0.39, 0.29) is 11.9 Å². The van der Waals surface area contributed by atoms with E-state index in [1.54, 1.807) is 0 Å². The molecule has 1 N–H and O–H groups in total. The van der Waals surface area contributed by atoms with E-state index >= 15 is 0 Å². The molecule has 1 aliphatic heterocycles. The quantitative estimate of drug-likeness (QED) is 0.913. The maximum atomic E-state index is 12.3. The van der Waals surface area contributed by atoms with Gasteiger partial charge in [-0.15, -0.1) is 0 Å². The highest BCUT2D eigenvalue weighted by molar-refractivity contribution is 9.10. The predicted octanol–water partition coefficient (Wildman–Crippen LogP) is 3.97. The summed E-state index contributed by atoms with van der Waals surface area (Å²) in [7, 11) is 0. The first-order valence-corrected chi connectivity index (χ1v) is 7.68. The summed E-state index contributed by atoms with van der Waals surface area (Å²) < 4.78 is 6.39. The van der Waals surface area contributed by atoms with E-state index < -0.39 is 0 Å². The Labute approximate surface area is 132 Å². The van der Waals surface area contributed by atoms with Crippen molar-refractivity contribution in [2.75, 3.05) is 0 Å². The Kier molecular flexibility index (Phi) is 4.08. The zero-order valence-electron chi connectivity index (χ0n) is 11.7. The third-order valence-corrected chi connectivity index (χ3v) is 4.17. The van der Waals surface area contributed by atoms with Crippen molar-refractivity contribution in [3.8, 4) is 0 Å². The van der Waals surface area contributed by atoms with Gasteiger partial charge in [-0.3, -0.25) is 4.79 Å². The molecule has 3 rings (SSSR count). The van der Waals surface area contributed by atoms with Gasteiger partial charge < -0.3 is 10.1 Å². The molecule has 108 valence electrons. The van der Waals surface area contributed by atoms with Gasteiger partial charge >= 0.3 is 0 Å². The molecular formula is C17H16BrNO2. The van der Waals surface area contributed by atoms with Crippen molar-refractivity contribution >= 4 is 21.8 Å². The minimum Gasteiger partial charge on any atom is -0.372 e. The predicted molar refractivity (Wildman–Crippen MR) is 85.0 cm³/mol. The Hall–Kier alpha value is -1.65. The Morgan fingerprint density at radius 1 is 1.19 bits per heavy atom. The summed E-state index contributed by atoms with van der Waals surface area (Å²) >= 11 is 3.45. The molecule has 1 amide bonds. The Balaban J connectivity index is 1.74. The lowest BCUT2D eigenvalue weighted by Gasteiger charge is -2.15. The molecule has 0 spiro atoms. The van der Waals surface area contributed by atoms with Gasteiger partial charge in [0.1, 0.15) is 0 Å². The number of carbonyl (C=O) groups excluding carboxylic acids is 1. The summed E-state index contributed by atoms with van der Waals surface area (Å²) in [5.41, 5.74) is 4.03. The molecule has 0 aromatic heterocycles. The van der Waals surface area contributed by atoms with Gasteiger partial charge in [0.05, 0.1) is 19.3 Å². The van der Waals surface area contributed by atoms with Crippen LogP contribution in [0, 0.1) is 0 Å². The lowest BCUT2D eigenvalue weighted by molar-refractivity contribution is 0.0939. The second kappa shape index (κ2) is 6.00. The Morgan fingerprint density at radius 2 is 2.00 bits per heavy atom. The molecule has 0 fully saturated rings. The number of ether oxygens (including phenoxy) is 1. The van der Waals surface area contributed by atoms with Crippen LogP contribution in [0.4, 0.5) is 0 Å². The van der Waals surface area contributed by atoms with Crippen molar-refractivity contribution in [2.45, 2.75) is 26.2 Å². The normalized spacial score (nSPS) is 14.6. The molecule has 0 aliphatic carbocycles. The number of hydrogen-bond acceptors (Lipinski definition) is 2. The maximum absolute atomic E-state index is 12.3. The second-order valence-corrected chi connectivity index (χ2v) is 6.14. The fourth-order valence-corrected chi connectivity index (χ4v) is 2.87. The number of fused-ring (bicyclic) bond motifs is 1. The summed E-state index contributed by atoms with van der Waals surface area (Å²) in [6.07, 6.45) is 0. The SMILES string of the molecule is CC(NC(=O)c1ccc2c(c1)COC2)c1cccc(Br)c1. The third-order valence-electron chi connectivity index (χ3n) is 3.68. The Bertz CT molecular complexity index is 684. The summed E-state index contributed by atoms with van der Waals surface area (Å²) in [4.78, 5) is 12.3. The van der Waals surface area contributed by atoms with Gasteiger partial charge in [0, 0.05) is 10.0 Å². The van der Waals surface area contributed by atoms with Gasteiger partial charge in [0.2, 0.25) is 0 Å². The van der Waals surface area contributed by atoms with Crippen molar-refractivity contribution < 1.29 is 9.53 Å². The fourth-order valence-electron chi connectivity index (χ4n) is 2.45. The van der Waals surface area contributed by atoms with Gasteiger partial charge in [-0.25, -0.2) is 0 Å². The average molecular weight is 346 g/mol. The number of nitrogens with one attached hydrogen (secondary N) is 1. The number of hydrogen-bond donors (Lipinski definition) is 1.